The van der Waals surface area contributed by atoms with Crippen LogP contribution in [0.3, 0.4) is 0 Å². The fourth-order valence-electron chi connectivity index (χ4n) is 1.22. The third-order valence-corrected chi connectivity index (χ3v) is 2.24. The lowest BCUT2D eigenvalue weighted by Crippen LogP contribution is -2.42. The van der Waals surface area contributed by atoms with Crippen LogP contribution in [-0.2, 0) is 11.4 Å². The van der Waals surface area contributed by atoms with Gasteiger partial charge in [0.05, 0.1) is 12.8 Å². The summed E-state index contributed by atoms with van der Waals surface area (Å²) in [7, 11) is 1.65. The van der Waals surface area contributed by atoms with Gasteiger partial charge in [-0.3, -0.25) is 0 Å². The summed E-state index contributed by atoms with van der Waals surface area (Å²) < 4.78 is 5.06. The fourth-order valence-corrected chi connectivity index (χ4v) is 1.22. The normalized spacial score (nSPS) is 14.3. The van der Waals surface area contributed by atoms with E-state index in [1.54, 1.807) is 7.11 Å². The topological polar surface area (TPSA) is 42.9 Å². The Labute approximate surface area is 88.9 Å². The maximum absolute atomic E-state index is 5.20. The molecule has 0 unspecified atom stereocenters. The number of benzene rings is 1. The molecule has 4 heteroatoms. The van der Waals surface area contributed by atoms with E-state index in [0.717, 1.165) is 30.1 Å². The Hall–Kier alpha value is -1.55. The molecule has 15 heavy (non-hydrogen) atoms. The molecule has 0 saturated carbocycles. The van der Waals surface area contributed by atoms with Crippen molar-refractivity contribution < 1.29 is 9.57 Å². The first-order valence-corrected chi connectivity index (χ1v) is 4.90. The smallest absolute Gasteiger partial charge is 0.142 e. The van der Waals surface area contributed by atoms with E-state index in [-0.39, 0.29) is 0 Å². The van der Waals surface area contributed by atoms with Gasteiger partial charge in [-0.05, 0) is 17.7 Å². The summed E-state index contributed by atoms with van der Waals surface area (Å²) in [5.41, 5.74) is 2.16. The van der Waals surface area contributed by atoms with Gasteiger partial charge in [0, 0.05) is 13.1 Å². The summed E-state index contributed by atoms with van der Waals surface area (Å²) in [6.07, 6.45) is 0. The Morgan fingerprint density at radius 1 is 1.27 bits per heavy atom. The molecule has 0 bridgehead atoms. The highest BCUT2D eigenvalue weighted by Gasteiger charge is 2.08. The van der Waals surface area contributed by atoms with E-state index in [2.05, 4.69) is 10.5 Å². The monoisotopic (exact) mass is 206 g/mol. The largest absolute Gasteiger partial charge is 0.497 e. The molecule has 1 aliphatic rings. The van der Waals surface area contributed by atoms with Crippen LogP contribution in [0.2, 0.25) is 0 Å². The van der Waals surface area contributed by atoms with Gasteiger partial charge in [0.15, 0.2) is 0 Å². The first-order valence-electron chi connectivity index (χ1n) is 4.90. The molecule has 1 saturated heterocycles. The first kappa shape index (κ1) is 9.98. The quantitative estimate of drug-likeness (QED) is 0.752. The zero-order valence-electron chi connectivity index (χ0n) is 8.69. The Morgan fingerprint density at radius 3 is 2.53 bits per heavy atom. The highest BCUT2D eigenvalue weighted by Crippen LogP contribution is 2.11. The minimum atomic E-state index is 0.507. The Kier molecular flexibility index (Phi) is 3.19. The molecule has 1 aliphatic heterocycles. The predicted molar refractivity (Wildman–Crippen MR) is 58.1 cm³/mol. The van der Waals surface area contributed by atoms with Crippen molar-refractivity contribution in [2.24, 2.45) is 5.16 Å². The van der Waals surface area contributed by atoms with Crippen LogP contribution in [0, 0.1) is 0 Å². The van der Waals surface area contributed by atoms with Gasteiger partial charge in [-0.2, -0.15) is 0 Å². The van der Waals surface area contributed by atoms with E-state index in [4.69, 9.17) is 9.57 Å². The van der Waals surface area contributed by atoms with Gasteiger partial charge < -0.3 is 14.9 Å². The van der Waals surface area contributed by atoms with E-state index in [0.29, 0.717) is 6.61 Å². The summed E-state index contributed by atoms with van der Waals surface area (Å²) in [5, 5.41) is 7.09. The minimum absolute atomic E-state index is 0.507. The number of nitrogens with one attached hydrogen (secondary N) is 1. The van der Waals surface area contributed by atoms with Gasteiger partial charge in [-0.1, -0.05) is 17.3 Å². The highest BCUT2D eigenvalue weighted by atomic mass is 16.6. The van der Waals surface area contributed by atoms with Gasteiger partial charge in [0.25, 0.3) is 0 Å². The van der Waals surface area contributed by atoms with Gasteiger partial charge in [-0.25, -0.2) is 0 Å². The Balaban J connectivity index is 1.82. The lowest BCUT2D eigenvalue weighted by Gasteiger charge is -2.15. The van der Waals surface area contributed by atoms with Crippen molar-refractivity contribution in [3.8, 4) is 5.75 Å². The van der Waals surface area contributed by atoms with Crippen molar-refractivity contribution in [2.75, 3.05) is 20.2 Å². The van der Waals surface area contributed by atoms with Crippen molar-refractivity contribution in [3.63, 3.8) is 0 Å². The molecule has 0 amide bonds. The molecule has 4 nitrogen and oxygen atoms in total. The number of methoxy groups -OCH3 is 1. The summed E-state index contributed by atoms with van der Waals surface area (Å²) in [6, 6.07) is 7.77. The Morgan fingerprint density at radius 2 is 2.00 bits per heavy atom. The number of hydrogen-bond acceptors (Lipinski definition) is 4. The van der Waals surface area contributed by atoms with Gasteiger partial charge >= 0.3 is 0 Å². The third kappa shape index (κ3) is 2.70. The molecule has 0 radical (unpaired) electrons. The zero-order chi connectivity index (χ0) is 10.5. The standard InChI is InChI=1S/C11H14N2O2/c1-14-11-4-2-9(3-5-11)8-15-13-10-6-12-7-10/h2-5,12H,6-8H2,1H3. The van der Waals surface area contributed by atoms with E-state index >= 15 is 0 Å². The second-order valence-corrected chi connectivity index (χ2v) is 3.38. The maximum atomic E-state index is 5.20. The van der Waals surface area contributed by atoms with Crippen molar-refractivity contribution in [1.82, 2.24) is 5.32 Å². The molecule has 1 fully saturated rings. The van der Waals surface area contributed by atoms with Crippen molar-refractivity contribution in [1.29, 1.82) is 0 Å². The Bertz CT molecular complexity index is 340. The van der Waals surface area contributed by atoms with Crippen LogP contribution < -0.4 is 10.1 Å². The number of oxime groups is 1. The fraction of sp³-hybridized carbons (Fsp3) is 0.364. The highest BCUT2D eigenvalue weighted by molar-refractivity contribution is 5.92. The molecule has 2 rings (SSSR count). The molecular weight excluding hydrogens is 192 g/mol. The molecule has 1 aromatic rings. The number of nitrogens with zero attached hydrogens (tertiary/aromatic N) is 1. The van der Waals surface area contributed by atoms with Crippen molar-refractivity contribution in [2.45, 2.75) is 6.61 Å². The average molecular weight is 206 g/mol. The first-order chi connectivity index (χ1) is 7.38. The zero-order valence-corrected chi connectivity index (χ0v) is 8.69. The molecule has 80 valence electrons. The molecule has 0 atom stereocenters. The predicted octanol–water partition coefficient (Wildman–Crippen LogP) is 1.17. The van der Waals surface area contributed by atoms with Gasteiger partial charge in [0.2, 0.25) is 0 Å². The number of hydrogen-bond donors (Lipinski definition) is 1. The summed E-state index contributed by atoms with van der Waals surface area (Å²) in [6.45, 7) is 2.21. The van der Waals surface area contributed by atoms with E-state index in [9.17, 15) is 0 Å². The van der Waals surface area contributed by atoms with Gasteiger partial charge in [-0.15, -0.1) is 0 Å². The minimum Gasteiger partial charge on any atom is -0.497 e. The molecule has 0 aliphatic carbocycles. The van der Waals surface area contributed by atoms with E-state index in [1.807, 2.05) is 24.3 Å². The molecule has 1 heterocycles. The lowest BCUT2D eigenvalue weighted by atomic mass is 10.2. The van der Waals surface area contributed by atoms with Crippen molar-refractivity contribution in [3.05, 3.63) is 29.8 Å². The van der Waals surface area contributed by atoms with Crippen molar-refractivity contribution >= 4 is 5.71 Å². The average Bonchev–Trinajstić information content (AvgIpc) is 2.23. The van der Waals surface area contributed by atoms with Crippen LogP contribution in [0.5, 0.6) is 5.75 Å². The molecule has 0 aromatic heterocycles. The number of ether oxygens (including phenoxy) is 1. The summed E-state index contributed by atoms with van der Waals surface area (Å²) in [4.78, 5) is 5.20. The summed E-state index contributed by atoms with van der Waals surface area (Å²) >= 11 is 0. The molecule has 1 N–H and O–H groups in total. The molecule has 0 spiro atoms. The SMILES string of the molecule is COc1ccc(CON=C2CNC2)cc1. The van der Waals surface area contributed by atoms with E-state index < -0.39 is 0 Å². The van der Waals surface area contributed by atoms with E-state index in [1.165, 1.54) is 0 Å². The molecular formula is C11H14N2O2. The number of rotatable bonds is 4. The van der Waals surface area contributed by atoms with Crippen LogP contribution in [0.1, 0.15) is 5.56 Å². The maximum Gasteiger partial charge on any atom is 0.142 e. The van der Waals surface area contributed by atoms with Crippen LogP contribution in [0.4, 0.5) is 0 Å². The van der Waals surface area contributed by atoms with Crippen LogP contribution in [0.15, 0.2) is 29.4 Å². The van der Waals surface area contributed by atoms with Gasteiger partial charge in [0.1, 0.15) is 12.4 Å². The lowest BCUT2D eigenvalue weighted by molar-refractivity contribution is 0.128. The molecule has 1 aromatic carbocycles. The second-order valence-electron chi connectivity index (χ2n) is 3.38. The third-order valence-electron chi connectivity index (χ3n) is 2.24. The summed E-state index contributed by atoms with van der Waals surface area (Å²) in [5.74, 6) is 0.855. The van der Waals surface area contributed by atoms with Crippen LogP contribution >= 0.6 is 0 Å². The second kappa shape index (κ2) is 4.79. The van der Waals surface area contributed by atoms with Crippen LogP contribution in [0.25, 0.3) is 0 Å². The van der Waals surface area contributed by atoms with Crippen LogP contribution in [-0.4, -0.2) is 25.9 Å².